The summed E-state index contributed by atoms with van der Waals surface area (Å²) in [5, 5.41) is 5.13. The summed E-state index contributed by atoms with van der Waals surface area (Å²) in [7, 11) is 1.98. The van der Waals surface area contributed by atoms with Gasteiger partial charge in [-0.3, -0.25) is 14.6 Å². The molecule has 6 heteroatoms. The number of hydrogen-bond acceptors (Lipinski definition) is 4. The van der Waals surface area contributed by atoms with Crippen LogP contribution < -0.4 is 0 Å². The highest BCUT2D eigenvalue weighted by molar-refractivity contribution is 6.31. The van der Waals surface area contributed by atoms with E-state index in [-0.39, 0.29) is 6.10 Å². The maximum atomic E-state index is 6.31. The van der Waals surface area contributed by atoms with Crippen LogP contribution in [0.3, 0.4) is 0 Å². The van der Waals surface area contributed by atoms with Gasteiger partial charge in [0.25, 0.3) is 0 Å². The van der Waals surface area contributed by atoms with E-state index >= 15 is 0 Å². The van der Waals surface area contributed by atoms with Crippen LogP contribution >= 0.6 is 11.6 Å². The van der Waals surface area contributed by atoms with E-state index in [0.717, 1.165) is 48.0 Å². The lowest BCUT2D eigenvalue weighted by atomic mass is 10.1. The highest BCUT2D eigenvalue weighted by atomic mass is 35.5. The Kier molecular flexibility index (Phi) is 5.76. The van der Waals surface area contributed by atoms with Crippen LogP contribution in [-0.4, -0.2) is 39.4 Å². The number of ether oxygens (including phenoxy) is 1. The number of hydrogen-bond donors (Lipinski definition) is 0. The van der Waals surface area contributed by atoms with Crippen molar-refractivity contribution in [1.29, 1.82) is 0 Å². The smallest absolute Gasteiger partial charge is 0.112 e. The first kappa shape index (κ1) is 19.1. The van der Waals surface area contributed by atoms with Crippen molar-refractivity contribution < 1.29 is 4.74 Å². The number of aryl methyl sites for hydroxylation is 1. The third kappa shape index (κ3) is 4.27. The highest BCUT2D eigenvalue weighted by Crippen LogP contribution is 2.24. The fourth-order valence-corrected chi connectivity index (χ4v) is 3.78. The van der Waals surface area contributed by atoms with Gasteiger partial charge in [0.05, 0.1) is 18.5 Å². The minimum absolute atomic E-state index is 0.0167. The Balaban J connectivity index is 1.46. The van der Waals surface area contributed by atoms with Crippen molar-refractivity contribution in [2.45, 2.75) is 26.0 Å². The van der Waals surface area contributed by atoms with Crippen LogP contribution in [0.1, 0.15) is 34.3 Å². The summed E-state index contributed by atoms with van der Waals surface area (Å²) in [5.74, 6) is 0. The molecule has 28 heavy (non-hydrogen) atoms. The first-order valence-electron chi connectivity index (χ1n) is 9.61. The summed E-state index contributed by atoms with van der Waals surface area (Å²) < 4.78 is 7.97. The lowest BCUT2D eigenvalue weighted by molar-refractivity contribution is -0.0351. The Morgan fingerprint density at radius 1 is 1.14 bits per heavy atom. The van der Waals surface area contributed by atoms with Gasteiger partial charge in [0.15, 0.2) is 0 Å². The fourth-order valence-electron chi connectivity index (χ4n) is 3.58. The van der Waals surface area contributed by atoms with Gasteiger partial charge in [0, 0.05) is 55.1 Å². The molecule has 0 bridgehead atoms. The van der Waals surface area contributed by atoms with Gasteiger partial charge >= 0.3 is 0 Å². The minimum Gasteiger partial charge on any atom is -0.369 e. The van der Waals surface area contributed by atoms with Crippen LogP contribution in [-0.2, 0) is 24.8 Å². The van der Waals surface area contributed by atoms with Gasteiger partial charge in [-0.25, -0.2) is 0 Å². The number of aromatic nitrogens is 3. The molecule has 1 atom stereocenters. The number of halogens is 1. The second kappa shape index (κ2) is 8.43. The molecule has 146 valence electrons. The fraction of sp³-hybridized carbons (Fsp3) is 0.364. The van der Waals surface area contributed by atoms with Crippen LogP contribution in [0, 0.1) is 6.92 Å². The molecule has 2 aromatic heterocycles. The van der Waals surface area contributed by atoms with E-state index in [9.17, 15) is 0 Å². The van der Waals surface area contributed by atoms with Gasteiger partial charge in [-0.1, -0.05) is 35.9 Å². The first-order chi connectivity index (χ1) is 13.6. The molecule has 0 amide bonds. The Morgan fingerprint density at radius 2 is 2.00 bits per heavy atom. The molecule has 1 fully saturated rings. The zero-order valence-corrected chi connectivity index (χ0v) is 17.1. The standard InChI is InChI=1S/C22H25ClN4O/c1-16-18(13-24-26(16)2)14-27-10-11-28-22(15-27)21-9-5-7-19(25-21)12-17-6-3-4-8-20(17)23/h3-9,13,22H,10-12,14-15H2,1-2H3/t22-/m0/s1. The van der Waals surface area contributed by atoms with E-state index in [2.05, 4.69) is 29.1 Å². The van der Waals surface area contributed by atoms with Crippen LogP contribution in [0.15, 0.2) is 48.7 Å². The van der Waals surface area contributed by atoms with Crippen LogP contribution in [0.5, 0.6) is 0 Å². The first-order valence-corrected chi connectivity index (χ1v) is 9.98. The lowest BCUT2D eigenvalue weighted by Crippen LogP contribution is -2.38. The van der Waals surface area contributed by atoms with Gasteiger partial charge in [-0.2, -0.15) is 5.10 Å². The summed E-state index contributed by atoms with van der Waals surface area (Å²) in [6.07, 6.45) is 2.66. The minimum atomic E-state index is -0.0167. The predicted molar refractivity (Wildman–Crippen MR) is 110 cm³/mol. The van der Waals surface area contributed by atoms with Crippen LogP contribution in [0.25, 0.3) is 0 Å². The van der Waals surface area contributed by atoms with Crippen molar-refractivity contribution in [3.8, 4) is 0 Å². The van der Waals surface area contributed by atoms with Gasteiger partial charge in [-0.15, -0.1) is 0 Å². The lowest BCUT2D eigenvalue weighted by Gasteiger charge is -2.32. The molecule has 4 rings (SSSR count). The molecule has 5 nitrogen and oxygen atoms in total. The van der Waals surface area contributed by atoms with E-state index in [1.165, 1.54) is 11.3 Å². The average Bonchev–Trinajstić information content (AvgIpc) is 3.02. The second-order valence-electron chi connectivity index (χ2n) is 7.30. The summed E-state index contributed by atoms with van der Waals surface area (Å²) in [6, 6.07) is 14.1. The topological polar surface area (TPSA) is 43.2 Å². The maximum absolute atomic E-state index is 6.31. The number of nitrogens with zero attached hydrogens (tertiary/aromatic N) is 4. The van der Waals surface area contributed by atoms with Gasteiger partial charge < -0.3 is 4.74 Å². The Labute approximate surface area is 170 Å². The molecule has 1 aliphatic heterocycles. The third-order valence-electron chi connectivity index (χ3n) is 5.37. The summed E-state index contributed by atoms with van der Waals surface area (Å²) >= 11 is 6.31. The molecule has 0 unspecified atom stereocenters. The van der Waals surface area contributed by atoms with Gasteiger partial charge in [0.2, 0.25) is 0 Å². The normalized spacial score (nSPS) is 17.8. The zero-order valence-electron chi connectivity index (χ0n) is 16.3. The zero-order chi connectivity index (χ0) is 19.5. The maximum Gasteiger partial charge on any atom is 0.112 e. The molecule has 3 aromatic rings. The molecule has 1 aliphatic rings. The molecule has 0 radical (unpaired) electrons. The van der Waals surface area contributed by atoms with E-state index in [1.807, 2.05) is 48.3 Å². The van der Waals surface area contributed by atoms with E-state index in [4.69, 9.17) is 21.3 Å². The average molecular weight is 397 g/mol. The summed E-state index contributed by atoms with van der Waals surface area (Å²) in [6.45, 7) is 5.46. The van der Waals surface area contributed by atoms with Crippen LogP contribution in [0.4, 0.5) is 0 Å². The van der Waals surface area contributed by atoms with Crippen molar-refractivity contribution in [1.82, 2.24) is 19.7 Å². The molecule has 1 aromatic carbocycles. The van der Waals surface area contributed by atoms with Crippen molar-refractivity contribution >= 4 is 11.6 Å². The monoisotopic (exact) mass is 396 g/mol. The molecule has 0 N–H and O–H groups in total. The number of rotatable bonds is 5. The SMILES string of the molecule is Cc1c(CN2CCO[C@H](c3cccc(Cc4ccccc4Cl)n3)C2)cnn1C. The second-order valence-corrected chi connectivity index (χ2v) is 7.70. The largest absolute Gasteiger partial charge is 0.369 e. The molecule has 0 aliphatic carbocycles. The summed E-state index contributed by atoms with van der Waals surface area (Å²) in [5.41, 5.74) is 5.56. The number of morpholine rings is 1. The number of pyridine rings is 1. The molecular formula is C22H25ClN4O. The third-order valence-corrected chi connectivity index (χ3v) is 5.74. The van der Waals surface area contributed by atoms with Crippen molar-refractivity contribution in [2.75, 3.05) is 19.7 Å². The Hall–Kier alpha value is -2.21. The van der Waals surface area contributed by atoms with Crippen LogP contribution in [0.2, 0.25) is 5.02 Å². The van der Waals surface area contributed by atoms with Crippen molar-refractivity contribution in [2.24, 2.45) is 7.05 Å². The molecule has 0 saturated carbocycles. The Morgan fingerprint density at radius 3 is 2.79 bits per heavy atom. The summed E-state index contributed by atoms with van der Waals surface area (Å²) in [4.78, 5) is 7.29. The predicted octanol–water partition coefficient (Wildman–Crippen LogP) is 3.94. The van der Waals surface area contributed by atoms with Gasteiger partial charge in [0.1, 0.15) is 6.10 Å². The number of benzene rings is 1. The van der Waals surface area contributed by atoms with E-state index in [0.29, 0.717) is 6.61 Å². The molecule has 3 heterocycles. The van der Waals surface area contributed by atoms with Crippen molar-refractivity contribution in [3.05, 3.63) is 81.9 Å². The Bertz CT molecular complexity index is 955. The van der Waals surface area contributed by atoms with E-state index in [1.54, 1.807) is 0 Å². The van der Waals surface area contributed by atoms with Gasteiger partial charge in [-0.05, 0) is 30.7 Å². The molecule has 0 spiro atoms. The van der Waals surface area contributed by atoms with Crippen molar-refractivity contribution in [3.63, 3.8) is 0 Å². The molecule has 1 saturated heterocycles. The molecular weight excluding hydrogens is 372 g/mol. The van der Waals surface area contributed by atoms with E-state index < -0.39 is 0 Å². The quantitative estimate of drug-likeness (QED) is 0.655. The highest BCUT2D eigenvalue weighted by Gasteiger charge is 2.24.